The van der Waals surface area contributed by atoms with Gasteiger partial charge in [-0.3, -0.25) is 14.6 Å². The Labute approximate surface area is 77.9 Å². The maximum Gasteiger partial charge on any atom is 0.270 e. The standard InChI is InChI=1S/C9H17N3O/c1-4-5-8-7(6-10-2)9(13)12(3)11-8/h10-11H,4-6H2,1-3H3. The Kier molecular flexibility index (Phi) is 3.31. The average Bonchev–Trinajstić information content (AvgIpc) is 2.34. The Balaban J connectivity index is 3.03. The van der Waals surface area contributed by atoms with Crippen molar-refractivity contribution in [1.82, 2.24) is 15.1 Å². The molecule has 0 aliphatic rings. The Bertz CT molecular complexity index is 324. The number of aryl methyl sites for hydroxylation is 2. The van der Waals surface area contributed by atoms with Crippen LogP contribution < -0.4 is 10.9 Å². The topological polar surface area (TPSA) is 49.8 Å². The normalized spacial score (nSPS) is 10.7. The number of rotatable bonds is 4. The summed E-state index contributed by atoms with van der Waals surface area (Å²) in [6.45, 7) is 2.75. The Morgan fingerprint density at radius 2 is 2.23 bits per heavy atom. The molecular weight excluding hydrogens is 166 g/mol. The number of aromatic nitrogens is 2. The van der Waals surface area contributed by atoms with Crippen molar-refractivity contribution >= 4 is 0 Å². The fraction of sp³-hybridized carbons (Fsp3) is 0.667. The van der Waals surface area contributed by atoms with Crippen LogP contribution in [0.1, 0.15) is 24.6 Å². The van der Waals surface area contributed by atoms with Gasteiger partial charge in [-0.1, -0.05) is 13.3 Å². The van der Waals surface area contributed by atoms with Crippen molar-refractivity contribution < 1.29 is 0 Å². The maximum atomic E-state index is 11.5. The third-order valence-electron chi connectivity index (χ3n) is 2.08. The SMILES string of the molecule is CCCc1[nH]n(C)c(=O)c1CNC. The molecule has 0 saturated heterocycles. The van der Waals surface area contributed by atoms with Gasteiger partial charge in [0.1, 0.15) is 0 Å². The molecule has 0 radical (unpaired) electrons. The van der Waals surface area contributed by atoms with Crippen LogP contribution >= 0.6 is 0 Å². The molecule has 1 aromatic rings. The number of hydrogen-bond acceptors (Lipinski definition) is 2. The first kappa shape index (κ1) is 10.1. The van der Waals surface area contributed by atoms with Crippen LogP contribution in [0, 0.1) is 0 Å². The first-order valence-corrected chi connectivity index (χ1v) is 4.62. The predicted molar refractivity (Wildman–Crippen MR) is 52.8 cm³/mol. The summed E-state index contributed by atoms with van der Waals surface area (Å²) in [5, 5.41) is 6.07. The molecule has 1 aromatic heterocycles. The van der Waals surface area contributed by atoms with Crippen LogP contribution in [0.3, 0.4) is 0 Å². The van der Waals surface area contributed by atoms with Crippen LogP contribution in [0.4, 0.5) is 0 Å². The zero-order valence-corrected chi connectivity index (χ0v) is 8.48. The molecule has 0 fully saturated rings. The second kappa shape index (κ2) is 4.28. The Morgan fingerprint density at radius 1 is 1.54 bits per heavy atom. The van der Waals surface area contributed by atoms with E-state index in [-0.39, 0.29) is 5.56 Å². The largest absolute Gasteiger partial charge is 0.315 e. The van der Waals surface area contributed by atoms with Crippen molar-refractivity contribution in [3.8, 4) is 0 Å². The zero-order valence-electron chi connectivity index (χ0n) is 8.48. The molecule has 0 spiro atoms. The lowest BCUT2D eigenvalue weighted by molar-refractivity contribution is 0.713. The van der Waals surface area contributed by atoms with Crippen molar-refractivity contribution in [2.75, 3.05) is 7.05 Å². The summed E-state index contributed by atoms with van der Waals surface area (Å²) in [4.78, 5) is 11.5. The van der Waals surface area contributed by atoms with Crippen molar-refractivity contribution in [3.05, 3.63) is 21.6 Å². The van der Waals surface area contributed by atoms with Gasteiger partial charge in [0.15, 0.2) is 0 Å². The molecule has 4 heteroatoms. The Hall–Kier alpha value is -1.03. The molecule has 74 valence electrons. The van der Waals surface area contributed by atoms with E-state index in [4.69, 9.17) is 0 Å². The van der Waals surface area contributed by atoms with Crippen LogP contribution in [-0.2, 0) is 20.0 Å². The van der Waals surface area contributed by atoms with E-state index < -0.39 is 0 Å². The minimum absolute atomic E-state index is 0.0813. The fourth-order valence-electron chi connectivity index (χ4n) is 1.47. The van der Waals surface area contributed by atoms with Gasteiger partial charge in [-0.15, -0.1) is 0 Å². The molecule has 13 heavy (non-hydrogen) atoms. The van der Waals surface area contributed by atoms with Gasteiger partial charge in [-0.25, -0.2) is 0 Å². The smallest absolute Gasteiger partial charge is 0.270 e. The van der Waals surface area contributed by atoms with Crippen molar-refractivity contribution in [2.24, 2.45) is 7.05 Å². The zero-order chi connectivity index (χ0) is 9.84. The van der Waals surface area contributed by atoms with E-state index in [1.807, 2.05) is 7.05 Å². The molecule has 4 nitrogen and oxygen atoms in total. The lowest BCUT2D eigenvalue weighted by atomic mass is 10.1. The van der Waals surface area contributed by atoms with Gasteiger partial charge < -0.3 is 5.32 Å². The van der Waals surface area contributed by atoms with E-state index in [0.717, 1.165) is 24.1 Å². The second-order valence-electron chi connectivity index (χ2n) is 3.21. The van der Waals surface area contributed by atoms with Crippen molar-refractivity contribution in [3.63, 3.8) is 0 Å². The van der Waals surface area contributed by atoms with Crippen molar-refractivity contribution in [1.29, 1.82) is 0 Å². The number of aromatic amines is 1. The molecular formula is C9H17N3O. The molecule has 1 heterocycles. The maximum absolute atomic E-state index is 11.5. The van der Waals surface area contributed by atoms with Crippen LogP contribution in [0.2, 0.25) is 0 Å². The summed E-state index contributed by atoms with van der Waals surface area (Å²) >= 11 is 0. The van der Waals surface area contributed by atoms with Gasteiger partial charge >= 0.3 is 0 Å². The average molecular weight is 183 g/mol. The number of nitrogens with zero attached hydrogens (tertiary/aromatic N) is 1. The molecule has 1 rings (SSSR count). The third-order valence-corrected chi connectivity index (χ3v) is 2.08. The lowest BCUT2D eigenvalue weighted by Gasteiger charge is -1.98. The van der Waals surface area contributed by atoms with E-state index >= 15 is 0 Å². The third kappa shape index (κ3) is 2.01. The molecule has 2 N–H and O–H groups in total. The summed E-state index contributed by atoms with van der Waals surface area (Å²) in [6.07, 6.45) is 1.99. The van der Waals surface area contributed by atoms with E-state index in [0.29, 0.717) is 6.54 Å². The lowest BCUT2D eigenvalue weighted by Crippen LogP contribution is -2.19. The second-order valence-corrected chi connectivity index (χ2v) is 3.21. The molecule has 0 bridgehead atoms. The minimum Gasteiger partial charge on any atom is -0.315 e. The quantitative estimate of drug-likeness (QED) is 0.709. The first-order valence-electron chi connectivity index (χ1n) is 4.62. The van der Waals surface area contributed by atoms with Crippen LogP contribution in [0.5, 0.6) is 0 Å². The predicted octanol–water partition coefficient (Wildman–Crippen LogP) is 0.385. The van der Waals surface area contributed by atoms with E-state index in [2.05, 4.69) is 17.3 Å². The minimum atomic E-state index is 0.0813. The molecule has 0 atom stereocenters. The molecule has 0 aromatic carbocycles. The highest BCUT2D eigenvalue weighted by Crippen LogP contribution is 2.03. The van der Waals surface area contributed by atoms with Crippen LogP contribution in [0.25, 0.3) is 0 Å². The van der Waals surface area contributed by atoms with Crippen molar-refractivity contribution in [2.45, 2.75) is 26.3 Å². The van der Waals surface area contributed by atoms with Gasteiger partial charge in [0.2, 0.25) is 0 Å². The number of hydrogen-bond donors (Lipinski definition) is 2. The van der Waals surface area contributed by atoms with Gasteiger partial charge in [-0.2, -0.15) is 0 Å². The highest BCUT2D eigenvalue weighted by molar-refractivity contribution is 5.17. The molecule has 0 aliphatic heterocycles. The van der Waals surface area contributed by atoms with E-state index in [9.17, 15) is 4.79 Å². The summed E-state index contributed by atoms with van der Waals surface area (Å²) in [5.41, 5.74) is 2.01. The van der Waals surface area contributed by atoms with Gasteiger partial charge in [-0.05, 0) is 13.5 Å². The van der Waals surface area contributed by atoms with Gasteiger partial charge in [0.25, 0.3) is 5.56 Å². The van der Waals surface area contributed by atoms with E-state index in [1.165, 1.54) is 4.68 Å². The fourth-order valence-corrected chi connectivity index (χ4v) is 1.47. The van der Waals surface area contributed by atoms with Gasteiger partial charge in [0.05, 0.1) is 5.56 Å². The van der Waals surface area contributed by atoms with Crippen LogP contribution in [0.15, 0.2) is 4.79 Å². The number of H-pyrrole nitrogens is 1. The molecule has 0 amide bonds. The first-order chi connectivity index (χ1) is 6.20. The monoisotopic (exact) mass is 183 g/mol. The Morgan fingerprint density at radius 3 is 2.77 bits per heavy atom. The van der Waals surface area contributed by atoms with Crippen LogP contribution in [-0.4, -0.2) is 16.8 Å². The number of nitrogens with one attached hydrogen (secondary N) is 2. The highest BCUT2D eigenvalue weighted by atomic mass is 16.1. The summed E-state index contributed by atoms with van der Waals surface area (Å²) < 4.78 is 1.54. The summed E-state index contributed by atoms with van der Waals surface area (Å²) in [6, 6.07) is 0. The summed E-state index contributed by atoms with van der Waals surface area (Å²) in [7, 11) is 3.60. The molecule has 0 unspecified atom stereocenters. The molecule has 0 aliphatic carbocycles. The molecule has 0 saturated carbocycles. The highest BCUT2D eigenvalue weighted by Gasteiger charge is 2.09. The van der Waals surface area contributed by atoms with E-state index in [1.54, 1.807) is 7.05 Å². The summed E-state index contributed by atoms with van der Waals surface area (Å²) in [5.74, 6) is 0. The van der Waals surface area contributed by atoms with Gasteiger partial charge in [0, 0.05) is 19.3 Å².